The summed E-state index contributed by atoms with van der Waals surface area (Å²) in [5.74, 6) is 0.00537. The van der Waals surface area contributed by atoms with E-state index in [4.69, 9.17) is 10.5 Å². The van der Waals surface area contributed by atoms with Gasteiger partial charge >= 0.3 is 5.69 Å². The van der Waals surface area contributed by atoms with Gasteiger partial charge in [0.1, 0.15) is 0 Å². The van der Waals surface area contributed by atoms with Gasteiger partial charge in [-0.3, -0.25) is 17.2 Å². The van der Waals surface area contributed by atoms with E-state index in [1.54, 1.807) is 6.26 Å². The molecular weight excluding hydrogens is 375 g/mol. The van der Waals surface area contributed by atoms with Crippen LogP contribution in [-0.2, 0) is 42.2 Å². The first-order valence-electron chi connectivity index (χ1n) is 5.26. The van der Waals surface area contributed by atoms with Crippen molar-refractivity contribution < 1.29 is 47.2 Å². The maximum atomic E-state index is 10.8. The maximum absolute atomic E-state index is 10.8. The molecule has 2 N–H and O–H groups in total. The second-order valence-corrected chi connectivity index (χ2v) is 3.94. The zero-order valence-corrected chi connectivity index (χ0v) is 15.6. The van der Waals surface area contributed by atoms with Crippen LogP contribution in [0, 0.1) is 17.2 Å². The van der Waals surface area contributed by atoms with Gasteiger partial charge < -0.3 is 20.2 Å². The molecule has 0 amide bonds. The van der Waals surface area contributed by atoms with Gasteiger partial charge in [-0.05, 0) is 12.8 Å². The standard InChI is InChI=1S/C8H12N5O2S.C2H3O2.Y/c1-4-12(2)7-5(13(14)15)6(9)10-8(11-7)16-3;1-4-2-3;/h2,4H2,1,3H3,(H2,9,10,11);1H3;/q2*-1;. The Morgan fingerprint density at radius 2 is 2.10 bits per heavy atom. The first-order chi connectivity index (χ1) is 9.42. The van der Waals surface area contributed by atoms with Gasteiger partial charge in [-0.1, -0.05) is 25.2 Å². The minimum absolute atomic E-state index is 0. The molecule has 0 fully saturated rings. The summed E-state index contributed by atoms with van der Waals surface area (Å²) in [6.07, 6.45) is 1.77. The van der Waals surface area contributed by atoms with Crippen molar-refractivity contribution in [1.82, 2.24) is 9.97 Å². The summed E-state index contributed by atoms with van der Waals surface area (Å²) < 4.78 is 3.74. The molecule has 1 radical (unpaired) electrons. The minimum atomic E-state index is -0.595. The van der Waals surface area contributed by atoms with Crippen LogP contribution < -0.4 is 10.6 Å². The van der Waals surface area contributed by atoms with Gasteiger partial charge in [0.15, 0.2) is 11.0 Å². The maximum Gasteiger partial charge on any atom is 0.350 e. The summed E-state index contributed by atoms with van der Waals surface area (Å²) in [4.78, 5) is 28.4. The Morgan fingerprint density at radius 3 is 2.43 bits per heavy atom. The van der Waals surface area contributed by atoms with Crippen molar-refractivity contribution >= 4 is 35.6 Å². The van der Waals surface area contributed by atoms with Crippen molar-refractivity contribution in [2.45, 2.75) is 12.1 Å². The van der Waals surface area contributed by atoms with Crippen LogP contribution in [0.15, 0.2) is 5.16 Å². The number of nitrogen functional groups attached to an aromatic ring is 1. The van der Waals surface area contributed by atoms with Gasteiger partial charge in [-0.2, -0.15) is 4.98 Å². The van der Waals surface area contributed by atoms with Crippen molar-refractivity contribution in [2.75, 3.05) is 30.5 Å². The van der Waals surface area contributed by atoms with Crippen LogP contribution in [0.25, 0.3) is 0 Å². The summed E-state index contributed by atoms with van der Waals surface area (Å²) >= 11 is 1.27. The molecule has 0 aliphatic rings. The second kappa shape index (κ2) is 11.6. The van der Waals surface area contributed by atoms with E-state index in [2.05, 4.69) is 21.8 Å². The molecule has 0 spiro atoms. The Kier molecular flexibility index (Phi) is 12.4. The molecule has 0 atom stereocenters. The molecule has 11 heteroatoms. The first-order valence-corrected chi connectivity index (χ1v) is 6.49. The number of thioether (sulfide) groups is 1. The van der Waals surface area contributed by atoms with Gasteiger partial charge in [0, 0.05) is 39.8 Å². The number of rotatable bonds is 5. The number of nitrogens with zero attached hydrogens (tertiary/aromatic N) is 4. The van der Waals surface area contributed by atoms with Crippen LogP contribution in [0.3, 0.4) is 0 Å². The Hall–Kier alpha value is -0.996. The Bertz CT molecular complexity index is 477. The number of hydrogen-bond acceptors (Lipinski definition) is 9. The SMILES string of the molecule is CO[C-]=O.[CH2-]N(CC)c1nc(SC)nc(N)c1[N+](=O)[O-].[Y]. The predicted octanol–water partition coefficient (Wildman–Crippen LogP) is 1.00. The zero-order valence-electron chi connectivity index (χ0n) is 11.9. The number of aromatic nitrogens is 2. The fourth-order valence-corrected chi connectivity index (χ4v) is 1.44. The quantitative estimate of drug-likeness (QED) is 0.258. The normalized spacial score (nSPS) is 8.76. The predicted molar refractivity (Wildman–Crippen MR) is 76.0 cm³/mol. The largest absolute Gasteiger partial charge is 0.655 e. The Balaban J connectivity index is 0. The molecule has 21 heavy (non-hydrogen) atoms. The average Bonchev–Trinajstić information content (AvgIpc) is 2.45. The molecule has 0 unspecified atom stereocenters. The summed E-state index contributed by atoms with van der Waals surface area (Å²) in [5.41, 5.74) is 5.23. The molecule has 1 aromatic rings. The van der Waals surface area contributed by atoms with E-state index in [0.717, 1.165) is 0 Å². The molecular formula is C10H15N5O4SY-2. The van der Waals surface area contributed by atoms with E-state index in [-0.39, 0.29) is 50.0 Å². The fraction of sp³-hybridized carbons (Fsp3) is 0.400. The Labute approximate surface area is 152 Å². The molecule has 1 rings (SSSR count). The number of nitro groups is 1. The van der Waals surface area contributed by atoms with E-state index < -0.39 is 4.92 Å². The van der Waals surface area contributed by atoms with Crippen molar-refractivity contribution in [3.63, 3.8) is 0 Å². The third-order valence-corrected chi connectivity index (χ3v) is 2.55. The monoisotopic (exact) mass is 390 g/mol. The molecule has 0 aromatic carbocycles. The number of methoxy groups -OCH3 is 1. The van der Waals surface area contributed by atoms with Crippen LogP contribution >= 0.6 is 11.8 Å². The van der Waals surface area contributed by atoms with Gasteiger partial charge in [0.2, 0.25) is 5.82 Å². The number of anilines is 2. The van der Waals surface area contributed by atoms with Crippen LogP contribution in [0.1, 0.15) is 6.92 Å². The smallest absolute Gasteiger partial charge is 0.350 e. The molecule has 9 nitrogen and oxygen atoms in total. The van der Waals surface area contributed by atoms with Crippen LogP contribution in [0.5, 0.6) is 0 Å². The third-order valence-electron chi connectivity index (χ3n) is 2.00. The molecule has 0 saturated carbocycles. The molecule has 0 aliphatic carbocycles. The number of nitrogens with two attached hydrogens (primary N) is 1. The molecule has 115 valence electrons. The number of ether oxygens (including phenoxy) is 1. The number of carbonyl (C=O) groups excluding carboxylic acids is 1. The van der Waals surface area contributed by atoms with E-state index in [1.807, 2.05) is 6.92 Å². The van der Waals surface area contributed by atoms with E-state index in [0.29, 0.717) is 11.7 Å². The summed E-state index contributed by atoms with van der Waals surface area (Å²) in [7, 11) is 4.92. The number of hydrogen-bond donors (Lipinski definition) is 1. The minimum Gasteiger partial charge on any atom is -0.655 e. The van der Waals surface area contributed by atoms with Gasteiger partial charge in [-0.15, -0.1) is 0 Å². The van der Waals surface area contributed by atoms with Crippen molar-refractivity contribution in [2.24, 2.45) is 0 Å². The van der Waals surface area contributed by atoms with Crippen LogP contribution in [-0.4, -0.2) is 41.3 Å². The van der Waals surface area contributed by atoms with Gasteiger partial charge in [0.25, 0.3) is 0 Å². The fourth-order valence-electron chi connectivity index (χ4n) is 1.08. The van der Waals surface area contributed by atoms with E-state index >= 15 is 0 Å². The van der Waals surface area contributed by atoms with Crippen molar-refractivity contribution in [3.8, 4) is 0 Å². The first kappa shape index (κ1) is 22.3. The second-order valence-electron chi connectivity index (χ2n) is 3.17. The summed E-state index contributed by atoms with van der Waals surface area (Å²) in [5, 5.41) is 11.2. The molecule has 0 aliphatic heterocycles. The Morgan fingerprint density at radius 1 is 1.57 bits per heavy atom. The third kappa shape index (κ3) is 7.01. The van der Waals surface area contributed by atoms with Crippen LogP contribution in [0.4, 0.5) is 17.3 Å². The van der Waals surface area contributed by atoms with Gasteiger partial charge in [0.05, 0.1) is 4.92 Å². The summed E-state index contributed by atoms with van der Waals surface area (Å²) in [6, 6.07) is 0. The zero-order chi connectivity index (χ0) is 15.7. The van der Waals surface area contributed by atoms with Gasteiger partial charge in [-0.25, -0.2) is 4.98 Å². The molecule has 0 saturated heterocycles. The molecule has 0 bridgehead atoms. The average molecular weight is 390 g/mol. The van der Waals surface area contributed by atoms with Crippen molar-refractivity contribution in [1.29, 1.82) is 0 Å². The molecule has 1 heterocycles. The topological polar surface area (TPSA) is 124 Å². The van der Waals surface area contributed by atoms with Crippen LogP contribution in [0.2, 0.25) is 0 Å². The van der Waals surface area contributed by atoms with Crippen molar-refractivity contribution in [3.05, 3.63) is 17.2 Å². The molecule has 1 aromatic heterocycles. The van der Waals surface area contributed by atoms with E-state index in [9.17, 15) is 10.1 Å². The van der Waals surface area contributed by atoms with E-state index in [1.165, 1.54) is 30.2 Å². The summed E-state index contributed by atoms with van der Waals surface area (Å²) in [6.45, 7) is 3.49.